The molecular weight excluding hydrogens is 341 g/mol. The number of halogens is 1. The van der Waals surface area contributed by atoms with Crippen LogP contribution in [0.4, 0.5) is 4.39 Å². The van der Waals surface area contributed by atoms with Crippen molar-refractivity contribution in [2.45, 2.75) is 31.9 Å². The van der Waals surface area contributed by atoms with Crippen molar-refractivity contribution in [2.75, 3.05) is 13.7 Å². The van der Waals surface area contributed by atoms with Gasteiger partial charge in [0.2, 0.25) is 0 Å². The summed E-state index contributed by atoms with van der Waals surface area (Å²) in [7, 11) is 1.40. The van der Waals surface area contributed by atoms with Gasteiger partial charge in [-0.3, -0.25) is 4.79 Å². The summed E-state index contributed by atoms with van der Waals surface area (Å²) >= 11 is 0. The second-order valence-corrected chi connectivity index (χ2v) is 6.28. The Morgan fingerprint density at radius 3 is 2.77 bits per heavy atom. The summed E-state index contributed by atoms with van der Waals surface area (Å²) in [6.45, 7) is 2.25. The van der Waals surface area contributed by atoms with E-state index in [0.29, 0.717) is 25.0 Å². The molecule has 2 aromatic rings. The zero-order valence-electron chi connectivity index (χ0n) is 14.7. The van der Waals surface area contributed by atoms with Crippen LogP contribution in [-0.4, -0.2) is 30.8 Å². The monoisotopic (exact) mass is 363 g/mol. The fourth-order valence-electron chi connectivity index (χ4n) is 3.13. The van der Waals surface area contributed by atoms with Gasteiger partial charge < -0.3 is 24.3 Å². The molecule has 1 aliphatic carbocycles. The van der Waals surface area contributed by atoms with Gasteiger partial charge in [-0.15, -0.1) is 0 Å². The van der Waals surface area contributed by atoms with Crippen LogP contribution in [0, 0.1) is 11.7 Å². The number of hydrogen-bond donors (Lipinski definition) is 2. The Bertz CT molecular complexity index is 769. The molecule has 2 N–H and O–H groups in total. The summed E-state index contributed by atoms with van der Waals surface area (Å²) in [5.41, 5.74) is 0.616. The molecule has 1 fully saturated rings. The first-order valence-corrected chi connectivity index (χ1v) is 8.56. The largest absolute Gasteiger partial charge is 0.494 e. The van der Waals surface area contributed by atoms with Gasteiger partial charge in [-0.2, -0.15) is 0 Å². The lowest BCUT2D eigenvalue weighted by Crippen LogP contribution is -2.41. The zero-order valence-corrected chi connectivity index (χ0v) is 14.7. The molecule has 0 aliphatic heterocycles. The molecule has 7 heteroatoms. The number of hydrogen-bond acceptors (Lipinski definition) is 5. The van der Waals surface area contributed by atoms with E-state index in [1.807, 2.05) is 6.92 Å². The molecule has 3 rings (SSSR count). The van der Waals surface area contributed by atoms with E-state index in [1.54, 1.807) is 12.1 Å². The average Bonchev–Trinajstić information content (AvgIpc) is 3.06. The van der Waals surface area contributed by atoms with Crippen molar-refractivity contribution in [3.8, 4) is 11.7 Å². The molecule has 0 saturated heterocycles. The number of rotatable bonds is 7. The fraction of sp³-hybridized carbons (Fsp3) is 0.421. The van der Waals surface area contributed by atoms with E-state index in [9.17, 15) is 14.3 Å². The molecule has 1 heterocycles. The van der Waals surface area contributed by atoms with Crippen LogP contribution >= 0.6 is 0 Å². The molecule has 1 aromatic carbocycles. The van der Waals surface area contributed by atoms with Gasteiger partial charge in [0.1, 0.15) is 0 Å². The second kappa shape index (κ2) is 7.78. The van der Waals surface area contributed by atoms with Crippen LogP contribution in [0.3, 0.4) is 0 Å². The maximum Gasteiger partial charge on any atom is 0.287 e. The van der Waals surface area contributed by atoms with Crippen molar-refractivity contribution in [2.24, 2.45) is 5.92 Å². The molecule has 0 radical (unpaired) electrons. The first kappa shape index (κ1) is 18.3. The lowest BCUT2D eigenvalue weighted by atomic mass is 9.75. The Labute approximate surface area is 150 Å². The van der Waals surface area contributed by atoms with Gasteiger partial charge in [0.25, 0.3) is 11.9 Å². The maximum atomic E-state index is 14.1. The second-order valence-electron chi connectivity index (χ2n) is 6.28. The molecule has 1 atom stereocenters. The first-order valence-electron chi connectivity index (χ1n) is 8.56. The van der Waals surface area contributed by atoms with E-state index in [1.165, 1.54) is 25.3 Å². The quantitative estimate of drug-likeness (QED) is 0.790. The molecule has 6 nitrogen and oxygen atoms in total. The number of aliphatic hydroxyl groups is 1. The molecule has 0 bridgehead atoms. The first-order chi connectivity index (χ1) is 12.5. The zero-order chi connectivity index (χ0) is 18.7. The third kappa shape index (κ3) is 3.83. The molecule has 140 valence electrons. The van der Waals surface area contributed by atoms with E-state index in [0.717, 1.165) is 0 Å². The van der Waals surface area contributed by atoms with Gasteiger partial charge in [-0.25, -0.2) is 4.39 Å². The molecule has 1 amide bonds. The number of furan rings is 1. The van der Waals surface area contributed by atoms with Gasteiger partial charge in [-0.05, 0) is 49.4 Å². The number of amides is 1. The predicted octanol–water partition coefficient (Wildman–Crippen LogP) is 3.07. The van der Waals surface area contributed by atoms with E-state index in [4.69, 9.17) is 13.9 Å². The molecular formula is C19H22FNO5. The lowest BCUT2D eigenvalue weighted by molar-refractivity contribution is 0.0231. The number of carbonyl (C=O) groups excluding carboxylic acids is 1. The highest BCUT2D eigenvalue weighted by Crippen LogP contribution is 2.39. The number of methoxy groups -OCH3 is 1. The van der Waals surface area contributed by atoms with Crippen LogP contribution in [0.15, 0.2) is 34.7 Å². The van der Waals surface area contributed by atoms with E-state index < -0.39 is 23.9 Å². The maximum absolute atomic E-state index is 14.1. The summed E-state index contributed by atoms with van der Waals surface area (Å²) in [5.74, 6) is -0.377. The van der Waals surface area contributed by atoms with Crippen LogP contribution in [0.5, 0.6) is 11.7 Å². The summed E-state index contributed by atoms with van der Waals surface area (Å²) in [5, 5.41) is 12.5. The van der Waals surface area contributed by atoms with Crippen molar-refractivity contribution >= 4 is 5.91 Å². The molecule has 0 spiro atoms. The minimum atomic E-state index is -0.499. The summed E-state index contributed by atoms with van der Waals surface area (Å²) < 4.78 is 29.6. The highest BCUT2D eigenvalue weighted by molar-refractivity contribution is 5.91. The average molecular weight is 363 g/mol. The smallest absolute Gasteiger partial charge is 0.287 e. The molecule has 1 unspecified atom stereocenters. The number of carbonyl (C=O) groups is 1. The van der Waals surface area contributed by atoms with Gasteiger partial charge in [-0.1, -0.05) is 6.07 Å². The SMILES string of the molecule is CCOc1ccc(C(=O)NC(c2ccc(OC)c(F)c2)C2CC(O)C2)o1. The highest BCUT2D eigenvalue weighted by atomic mass is 19.1. The normalized spacial score (nSPS) is 20.2. The third-order valence-corrected chi connectivity index (χ3v) is 4.53. The highest BCUT2D eigenvalue weighted by Gasteiger charge is 2.36. The van der Waals surface area contributed by atoms with Crippen molar-refractivity contribution in [3.05, 3.63) is 47.5 Å². The minimum Gasteiger partial charge on any atom is -0.494 e. The number of benzene rings is 1. The van der Waals surface area contributed by atoms with Crippen LogP contribution in [0.25, 0.3) is 0 Å². The number of aliphatic hydroxyl groups excluding tert-OH is 1. The Morgan fingerprint density at radius 1 is 1.38 bits per heavy atom. The van der Waals surface area contributed by atoms with Gasteiger partial charge in [0.05, 0.1) is 25.9 Å². The number of ether oxygens (including phenoxy) is 2. The van der Waals surface area contributed by atoms with Crippen LogP contribution in [-0.2, 0) is 0 Å². The van der Waals surface area contributed by atoms with Crippen molar-refractivity contribution in [1.29, 1.82) is 0 Å². The van der Waals surface area contributed by atoms with E-state index in [2.05, 4.69) is 5.32 Å². The number of nitrogens with one attached hydrogen (secondary N) is 1. The summed E-state index contributed by atoms with van der Waals surface area (Å²) in [6.07, 6.45) is 0.692. The van der Waals surface area contributed by atoms with Crippen LogP contribution in [0.1, 0.15) is 41.9 Å². The van der Waals surface area contributed by atoms with Crippen LogP contribution in [0.2, 0.25) is 0 Å². The van der Waals surface area contributed by atoms with Crippen molar-refractivity contribution in [1.82, 2.24) is 5.32 Å². The Hall–Kier alpha value is -2.54. The molecule has 1 saturated carbocycles. The summed E-state index contributed by atoms with van der Waals surface area (Å²) in [6, 6.07) is 7.26. The Morgan fingerprint density at radius 2 is 2.15 bits per heavy atom. The Balaban J connectivity index is 1.80. The minimum absolute atomic E-state index is 0.0167. The van der Waals surface area contributed by atoms with Gasteiger partial charge in [0, 0.05) is 6.07 Å². The third-order valence-electron chi connectivity index (χ3n) is 4.53. The lowest BCUT2D eigenvalue weighted by Gasteiger charge is -2.38. The predicted molar refractivity (Wildman–Crippen MR) is 91.8 cm³/mol. The molecule has 1 aromatic heterocycles. The van der Waals surface area contributed by atoms with Crippen molar-refractivity contribution in [3.63, 3.8) is 0 Å². The molecule has 26 heavy (non-hydrogen) atoms. The molecule has 1 aliphatic rings. The fourth-order valence-corrected chi connectivity index (χ4v) is 3.13. The topological polar surface area (TPSA) is 80.9 Å². The van der Waals surface area contributed by atoms with E-state index in [-0.39, 0.29) is 23.4 Å². The van der Waals surface area contributed by atoms with Crippen molar-refractivity contribution < 1.29 is 28.2 Å². The van der Waals surface area contributed by atoms with Gasteiger partial charge >= 0.3 is 0 Å². The Kier molecular flexibility index (Phi) is 5.46. The van der Waals surface area contributed by atoms with Gasteiger partial charge in [0.15, 0.2) is 17.3 Å². The van der Waals surface area contributed by atoms with Crippen LogP contribution < -0.4 is 14.8 Å². The van der Waals surface area contributed by atoms with E-state index >= 15 is 0 Å². The summed E-state index contributed by atoms with van der Waals surface area (Å²) in [4.78, 5) is 12.5. The standard InChI is InChI=1S/C19H22FNO5/c1-3-25-17-7-6-16(26-17)19(23)21-18(12-8-13(22)9-12)11-4-5-15(24-2)14(20)10-11/h4-7,10,12-13,18,22H,3,8-9H2,1-2H3,(H,21,23).